The van der Waals surface area contributed by atoms with E-state index < -0.39 is 0 Å². The van der Waals surface area contributed by atoms with E-state index in [1.54, 1.807) is 0 Å². The molecule has 0 spiro atoms. The van der Waals surface area contributed by atoms with Crippen molar-refractivity contribution in [2.24, 2.45) is 0 Å². The molecule has 0 aliphatic carbocycles. The number of halogens is 2. The summed E-state index contributed by atoms with van der Waals surface area (Å²) in [5, 5.41) is 3.57. The summed E-state index contributed by atoms with van der Waals surface area (Å²) in [5.74, 6) is 0. The number of anilines is 1. The van der Waals surface area contributed by atoms with Crippen LogP contribution in [-0.2, 0) is 4.74 Å². The zero-order chi connectivity index (χ0) is 11.4. The van der Waals surface area contributed by atoms with Crippen LogP contribution in [0.3, 0.4) is 0 Å². The van der Waals surface area contributed by atoms with Gasteiger partial charge >= 0.3 is 0 Å². The lowest BCUT2D eigenvalue weighted by Gasteiger charge is -2.18. The summed E-state index contributed by atoms with van der Waals surface area (Å²) in [5.41, 5.74) is 1.16. The Morgan fingerprint density at radius 3 is 2.88 bits per heavy atom. The van der Waals surface area contributed by atoms with Gasteiger partial charge in [-0.25, -0.2) is 0 Å². The minimum atomic E-state index is 0.528. The molecule has 1 saturated heterocycles. The topological polar surface area (TPSA) is 21.3 Å². The molecule has 0 aromatic heterocycles. The molecular weight excluding hydrogens is 334 g/mol. The highest BCUT2D eigenvalue weighted by atomic mass is 79.9. The molecule has 1 aliphatic heterocycles. The summed E-state index contributed by atoms with van der Waals surface area (Å²) >= 11 is 7.03. The maximum atomic E-state index is 5.45. The van der Waals surface area contributed by atoms with Gasteiger partial charge in [0.25, 0.3) is 0 Å². The lowest BCUT2D eigenvalue weighted by Crippen LogP contribution is -2.19. The first kappa shape index (κ1) is 12.4. The molecule has 1 unspecified atom stereocenters. The van der Waals surface area contributed by atoms with Gasteiger partial charge in [-0.1, -0.05) is 15.9 Å². The van der Waals surface area contributed by atoms with Crippen LogP contribution in [-0.4, -0.2) is 19.3 Å². The SMILES string of the molecule is Brc1ccc(NC2CCCOCC2)c(Br)c1. The highest BCUT2D eigenvalue weighted by molar-refractivity contribution is 9.11. The van der Waals surface area contributed by atoms with Crippen LogP contribution in [0.2, 0.25) is 0 Å². The molecule has 0 bridgehead atoms. The van der Waals surface area contributed by atoms with Gasteiger partial charge in [-0.3, -0.25) is 0 Å². The quantitative estimate of drug-likeness (QED) is 0.865. The van der Waals surface area contributed by atoms with Crippen molar-refractivity contribution < 1.29 is 4.74 Å². The Kier molecular flexibility index (Phi) is 4.67. The third-order valence-corrected chi connectivity index (χ3v) is 3.89. The molecule has 4 heteroatoms. The van der Waals surface area contributed by atoms with Gasteiger partial charge in [-0.2, -0.15) is 0 Å². The Bertz CT molecular complexity index is 349. The highest BCUT2D eigenvalue weighted by Gasteiger charge is 2.13. The van der Waals surface area contributed by atoms with Crippen LogP contribution in [0.5, 0.6) is 0 Å². The Morgan fingerprint density at radius 2 is 2.06 bits per heavy atom. The summed E-state index contributed by atoms with van der Waals surface area (Å²) in [6, 6.07) is 6.75. The molecule has 0 saturated carbocycles. The lowest BCUT2D eigenvalue weighted by molar-refractivity contribution is 0.144. The zero-order valence-electron chi connectivity index (χ0n) is 9.01. The van der Waals surface area contributed by atoms with Gasteiger partial charge in [0.15, 0.2) is 0 Å². The second kappa shape index (κ2) is 6.03. The van der Waals surface area contributed by atoms with Crippen molar-refractivity contribution in [3.63, 3.8) is 0 Å². The van der Waals surface area contributed by atoms with E-state index in [0.717, 1.165) is 40.7 Å². The second-order valence-electron chi connectivity index (χ2n) is 4.01. The van der Waals surface area contributed by atoms with E-state index in [0.29, 0.717) is 6.04 Å². The number of ether oxygens (including phenoxy) is 1. The molecule has 1 aromatic rings. The van der Waals surface area contributed by atoms with Crippen LogP contribution in [0.4, 0.5) is 5.69 Å². The Balaban J connectivity index is 2.01. The van der Waals surface area contributed by atoms with E-state index in [-0.39, 0.29) is 0 Å². The number of rotatable bonds is 2. The van der Waals surface area contributed by atoms with E-state index in [1.807, 2.05) is 0 Å². The van der Waals surface area contributed by atoms with E-state index in [1.165, 1.54) is 6.42 Å². The van der Waals surface area contributed by atoms with Crippen molar-refractivity contribution in [2.75, 3.05) is 18.5 Å². The van der Waals surface area contributed by atoms with E-state index in [2.05, 4.69) is 55.4 Å². The summed E-state index contributed by atoms with van der Waals surface area (Å²) in [6.07, 6.45) is 3.41. The Morgan fingerprint density at radius 1 is 1.19 bits per heavy atom. The van der Waals surface area contributed by atoms with Crippen molar-refractivity contribution in [3.05, 3.63) is 27.1 Å². The fourth-order valence-corrected chi connectivity index (χ4v) is 3.04. The largest absolute Gasteiger partial charge is 0.381 e. The van der Waals surface area contributed by atoms with Gasteiger partial charge in [-0.05, 0) is 53.4 Å². The van der Waals surface area contributed by atoms with E-state index in [4.69, 9.17) is 4.74 Å². The third kappa shape index (κ3) is 3.47. The summed E-state index contributed by atoms with van der Waals surface area (Å²) in [6.45, 7) is 1.77. The average Bonchev–Trinajstić information content (AvgIpc) is 2.51. The van der Waals surface area contributed by atoms with Crippen LogP contribution in [0.15, 0.2) is 27.1 Å². The molecule has 0 radical (unpaired) electrons. The maximum Gasteiger partial charge on any atom is 0.0487 e. The first-order chi connectivity index (χ1) is 7.75. The van der Waals surface area contributed by atoms with Gasteiger partial charge in [-0.15, -0.1) is 0 Å². The molecule has 2 nitrogen and oxygen atoms in total. The van der Waals surface area contributed by atoms with E-state index >= 15 is 0 Å². The van der Waals surface area contributed by atoms with E-state index in [9.17, 15) is 0 Å². The van der Waals surface area contributed by atoms with Crippen molar-refractivity contribution in [3.8, 4) is 0 Å². The maximum absolute atomic E-state index is 5.45. The Labute approximate surface area is 113 Å². The zero-order valence-corrected chi connectivity index (χ0v) is 12.2. The Hall–Kier alpha value is -0.0600. The molecule has 88 valence electrons. The van der Waals surface area contributed by atoms with Gasteiger partial charge in [0.2, 0.25) is 0 Å². The van der Waals surface area contributed by atoms with Crippen molar-refractivity contribution in [2.45, 2.75) is 25.3 Å². The van der Waals surface area contributed by atoms with Crippen LogP contribution < -0.4 is 5.32 Å². The monoisotopic (exact) mass is 347 g/mol. The van der Waals surface area contributed by atoms with Crippen LogP contribution in [0, 0.1) is 0 Å². The lowest BCUT2D eigenvalue weighted by atomic mass is 10.1. The number of nitrogens with one attached hydrogen (secondary N) is 1. The third-order valence-electron chi connectivity index (χ3n) is 2.74. The average molecular weight is 349 g/mol. The smallest absolute Gasteiger partial charge is 0.0487 e. The fraction of sp³-hybridized carbons (Fsp3) is 0.500. The second-order valence-corrected chi connectivity index (χ2v) is 5.78. The highest BCUT2D eigenvalue weighted by Crippen LogP contribution is 2.27. The minimum absolute atomic E-state index is 0.528. The number of hydrogen-bond donors (Lipinski definition) is 1. The summed E-state index contributed by atoms with van der Waals surface area (Å²) in [7, 11) is 0. The molecular formula is C12H15Br2NO. The predicted molar refractivity (Wildman–Crippen MR) is 73.9 cm³/mol. The van der Waals surface area contributed by atoms with Gasteiger partial charge < -0.3 is 10.1 Å². The van der Waals surface area contributed by atoms with Gasteiger partial charge in [0, 0.05) is 33.9 Å². The van der Waals surface area contributed by atoms with Gasteiger partial charge in [0.05, 0.1) is 0 Å². The van der Waals surface area contributed by atoms with Crippen molar-refractivity contribution in [1.82, 2.24) is 0 Å². The van der Waals surface area contributed by atoms with Crippen LogP contribution in [0.1, 0.15) is 19.3 Å². The molecule has 16 heavy (non-hydrogen) atoms. The first-order valence-corrected chi connectivity index (χ1v) is 7.13. The predicted octanol–water partition coefficient (Wildman–Crippen LogP) is 4.19. The van der Waals surface area contributed by atoms with Crippen molar-refractivity contribution in [1.29, 1.82) is 0 Å². The standard InChI is InChI=1S/C12H15Br2NO/c13-9-3-4-12(11(14)8-9)15-10-2-1-6-16-7-5-10/h3-4,8,10,15H,1-2,5-7H2. The number of hydrogen-bond acceptors (Lipinski definition) is 2. The number of benzene rings is 1. The molecule has 2 rings (SSSR count). The molecule has 1 aromatic carbocycles. The van der Waals surface area contributed by atoms with Gasteiger partial charge in [0.1, 0.15) is 0 Å². The fourth-order valence-electron chi connectivity index (χ4n) is 1.87. The molecule has 1 aliphatic rings. The minimum Gasteiger partial charge on any atom is -0.381 e. The molecule has 1 N–H and O–H groups in total. The molecule has 1 heterocycles. The summed E-state index contributed by atoms with van der Waals surface area (Å²) in [4.78, 5) is 0. The van der Waals surface area contributed by atoms with Crippen molar-refractivity contribution >= 4 is 37.5 Å². The van der Waals surface area contributed by atoms with Crippen LogP contribution >= 0.6 is 31.9 Å². The summed E-state index contributed by atoms with van der Waals surface area (Å²) < 4.78 is 7.65. The molecule has 1 atom stereocenters. The first-order valence-electron chi connectivity index (χ1n) is 5.55. The molecule has 1 fully saturated rings. The van der Waals surface area contributed by atoms with Crippen LogP contribution in [0.25, 0.3) is 0 Å². The normalized spacial score (nSPS) is 21.5. The molecule has 0 amide bonds.